The van der Waals surface area contributed by atoms with Gasteiger partial charge >= 0.3 is 0 Å². The third kappa shape index (κ3) is 4.69. The van der Waals surface area contributed by atoms with E-state index in [0.29, 0.717) is 6.42 Å². The van der Waals surface area contributed by atoms with Crippen molar-refractivity contribution >= 4 is 0 Å². The van der Waals surface area contributed by atoms with Crippen LogP contribution in [0.15, 0.2) is 0 Å². The normalized spacial score (nSPS) is 14.1. The van der Waals surface area contributed by atoms with Crippen molar-refractivity contribution in [3.8, 4) is 0 Å². The van der Waals surface area contributed by atoms with Crippen LogP contribution in [-0.4, -0.2) is 35.4 Å². The molecule has 62 valence electrons. The Morgan fingerprint density at radius 1 is 1.50 bits per heavy atom. The lowest BCUT2D eigenvalue weighted by Crippen LogP contribution is -2.21. The average molecular weight is 149 g/mol. The van der Waals surface area contributed by atoms with Gasteiger partial charge in [0, 0.05) is 7.11 Å². The minimum absolute atomic E-state index is 0.127. The first-order valence-corrected chi connectivity index (χ1v) is 3.38. The molecule has 1 unspecified atom stereocenters. The highest BCUT2D eigenvalue weighted by molar-refractivity contribution is 4.53. The number of hydroxylamine groups is 2. The van der Waals surface area contributed by atoms with Crippen LogP contribution in [0.3, 0.4) is 0 Å². The van der Waals surface area contributed by atoms with E-state index in [1.807, 2.05) is 6.92 Å². The van der Waals surface area contributed by atoms with Crippen molar-refractivity contribution in [3.63, 3.8) is 0 Å². The van der Waals surface area contributed by atoms with Gasteiger partial charge in [-0.05, 0) is 12.8 Å². The molecule has 0 bridgehead atoms. The Labute approximate surface area is 60.9 Å². The summed E-state index contributed by atoms with van der Waals surface area (Å²) in [5.74, 6) is 0. The van der Waals surface area contributed by atoms with E-state index in [9.17, 15) is 0 Å². The Bertz CT molecular complexity index is 73.4. The zero-order valence-corrected chi connectivity index (χ0v) is 6.45. The summed E-state index contributed by atoms with van der Waals surface area (Å²) in [5.41, 5.74) is 0. The van der Waals surface area contributed by atoms with E-state index in [1.54, 1.807) is 7.11 Å². The standard InChI is InChI=1S/C6H15NO3/c1-3-6(10-2)4-5-7(8)9/h6,8-9H,3-5H2,1-2H3. The summed E-state index contributed by atoms with van der Waals surface area (Å²) in [6.07, 6.45) is 1.66. The average Bonchev–Trinajstić information content (AvgIpc) is 1.90. The summed E-state index contributed by atoms with van der Waals surface area (Å²) < 4.78 is 5.00. The summed E-state index contributed by atoms with van der Waals surface area (Å²) in [6.45, 7) is 2.22. The Morgan fingerprint density at radius 2 is 2.10 bits per heavy atom. The predicted molar refractivity (Wildman–Crippen MR) is 36.0 cm³/mol. The summed E-state index contributed by atoms with van der Waals surface area (Å²) >= 11 is 0. The molecule has 0 fully saturated rings. The number of hydrogen-bond donors (Lipinski definition) is 2. The van der Waals surface area contributed by atoms with Crippen LogP contribution in [0.25, 0.3) is 0 Å². The van der Waals surface area contributed by atoms with E-state index in [1.165, 1.54) is 0 Å². The van der Waals surface area contributed by atoms with E-state index in [4.69, 9.17) is 15.2 Å². The Hall–Kier alpha value is -0.160. The molecule has 0 spiro atoms. The van der Waals surface area contributed by atoms with Gasteiger partial charge < -0.3 is 4.74 Å². The van der Waals surface area contributed by atoms with Crippen molar-refractivity contribution in [2.75, 3.05) is 13.7 Å². The van der Waals surface area contributed by atoms with Gasteiger partial charge in [-0.2, -0.15) is 0 Å². The SMILES string of the molecule is CCC(CCN(O)O)OC. The molecule has 0 aromatic heterocycles. The Balaban J connectivity index is 3.26. The molecule has 2 N–H and O–H groups in total. The third-order valence-electron chi connectivity index (χ3n) is 1.44. The minimum Gasteiger partial charge on any atom is -0.381 e. The molecule has 0 aliphatic rings. The van der Waals surface area contributed by atoms with Crippen LogP contribution in [0.5, 0.6) is 0 Å². The van der Waals surface area contributed by atoms with Crippen molar-refractivity contribution < 1.29 is 15.2 Å². The van der Waals surface area contributed by atoms with Crippen LogP contribution < -0.4 is 0 Å². The smallest absolute Gasteiger partial charge is 0.0582 e. The summed E-state index contributed by atoms with van der Waals surface area (Å²) in [7, 11) is 1.62. The second-order valence-electron chi connectivity index (χ2n) is 2.15. The molecule has 0 amide bonds. The third-order valence-corrected chi connectivity index (χ3v) is 1.44. The fourth-order valence-corrected chi connectivity index (χ4v) is 0.748. The summed E-state index contributed by atoms with van der Waals surface area (Å²) in [4.78, 5) is 0. The Kier molecular flexibility index (Phi) is 5.52. The van der Waals surface area contributed by atoms with Gasteiger partial charge in [0.2, 0.25) is 0 Å². The van der Waals surface area contributed by atoms with E-state index in [2.05, 4.69) is 0 Å². The van der Waals surface area contributed by atoms with Gasteiger partial charge in [-0.15, -0.1) is 0 Å². The van der Waals surface area contributed by atoms with E-state index >= 15 is 0 Å². The maximum atomic E-state index is 8.33. The first kappa shape index (κ1) is 9.84. The quantitative estimate of drug-likeness (QED) is 0.570. The topological polar surface area (TPSA) is 52.9 Å². The monoisotopic (exact) mass is 149 g/mol. The van der Waals surface area contributed by atoms with Crippen LogP contribution in [0.2, 0.25) is 0 Å². The molecule has 0 radical (unpaired) electrons. The maximum absolute atomic E-state index is 8.33. The molecule has 1 atom stereocenters. The zero-order valence-electron chi connectivity index (χ0n) is 6.45. The van der Waals surface area contributed by atoms with Gasteiger partial charge in [-0.1, -0.05) is 12.2 Å². The van der Waals surface area contributed by atoms with Crippen LogP contribution >= 0.6 is 0 Å². The van der Waals surface area contributed by atoms with E-state index in [0.717, 1.165) is 6.42 Å². The molecule has 0 aliphatic heterocycles. The molecular formula is C6H15NO3. The van der Waals surface area contributed by atoms with Gasteiger partial charge in [0.25, 0.3) is 0 Å². The van der Waals surface area contributed by atoms with E-state index < -0.39 is 0 Å². The molecule has 0 aromatic rings. The molecule has 4 heteroatoms. The largest absolute Gasteiger partial charge is 0.381 e. The molecule has 10 heavy (non-hydrogen) atoms. The number of methoxy groups -OCH3 is 1. The summed E-state index contributed by atoms with van der Waals surface area (Å²) in [6, 6.07) is 0. The van der Waals surface area contributed by atoms with Gasteiger partial charge in [0.15, 0.2) is 0 Å². The van der Waals surface area contributed by atoms with Crippen LogP contribution in [0, 0.1) is 0 Å². The van der Waals surface area contributed by atoms with E-state index in [-0.39, 0.29) is 17.9 Å². The van der Waals surface area contributed by atoms with Gasteiger partial charge in [-0.3, -0.25) is 10.4 Å². The molecule has 0 aromatic carbocycles. The van der Waals surface area contributed by atoms with Crippen molar-refractivity contribution in [2.45, 2.75) is 25.9 Å². The van der Waals surface area contributed by atoms with Crippen molar-refractivity contribution in [1.29, 1.82) is 0 Å². The maximum Gasteiger partial charge on any atom is 0.0582 e. The fourth-order valence-electron chi connectivity index (χ4n) is 0.748. The fraction of sp³-hybridized carbons (Fsp3) is 1.00. The first-order valence-electron chi connectivity index (χ1n) is 3.38. The predicted octanol–water partition coefficient (Wildman–Crippen LogP) is 0.882. The highest BCUT2D eigenvalue weighted by Gasteiger charge is 2.04. The summed E-state index contributed by atoms with van der Waals surface area (Å²) in [5, 5.41) is 16.8. The van der Waals surface area contributed by atoms with Crippen molar-refractivity contribution in [2.24, 2.45) is 0 Å². The van der Waals surface area contributed by atoms with Crippen LogP contribution in [-0.2, 0) is 4.74 Å². The second-order valence-corrected chi connectivity index (χ2v) is 2.15. The lowest BCUT2D eigenvalue weighted by atomic mass is 10.2. The van der Waals surface area contributed by atoms with Crippen LogP contribution in [0.4, 0.5) is 0 Å². The van der Waals surface area contributed by atoms with Crippen molar-refractivity contribution in [1.82, 2.24) is 5.23 Å². The van der Waals surface area contributed by atoms with Crippen LogP contribution in [0.1, 0.15) is 19.8 Å². The number of ether oxygens (including phenoxy) is 1. The minimum atomic E-state index is 0.127. The van der Waals surface area contributed by atoms with Gasteiger partial charge in [0.05, 0.1) is 12.6 Å². The number of rotatable bonds is 5. The first-order chi connectivity index (χ1) is 4.70. The van der Waals surface area contributed by atoms with Crippen molar-refractivity contribution in [3.05, 3.63) is 0 Å². The second kappa shape index (κ2) is 5.61. The number of nitrogens with zero attached hydrogens (tertiary/aromatic N) is 1. The van der Waals surface area contributed by atoms with Gasteiger partial charge in [-0.25, -0.2) is 0 Å². The molecular weight excluding hydrogens is 134 g/mol. The molecule has 0 heterocycles. The molecule has 0 saturated carbocycles. The lowest BCUT2D eigenvalue weighted by Gasteiger charge is -2.13. The zero-order chi connectivity index (χ0) is 7.98. The molecule has 0 aliphatic carbocycles. The van der Waals surface area contributed by atoms with Gasteiger partial charge in [0.1, 0.15) is 0 Å². The number of hydrogen-bond acceptors (Lipinski definition) is 4. The lowest BCUT2D eigenvalue weighted by molar-refractivity contribution is -0.308. The highest BCUT2D eigenvalue weighted by atomic mass is 16.8. The Morgan fingerprint density at radius 3 is 2.40 bits per heavy atom. The molecule has 0 saturated heterocycles. The molecule has 0 rings (SSSR count). The highest BCUT2D eigenvalue weighted by Crippen LogP contribution is 2.01. The molecule has 4 nitrogen and oxygen atoms in total.